The van der Waals surface area contributed by atoms with E-state index in [1.165, 1.54) is 0 Å². The van der Waals surface area contributed by atoms with Crippen LogP contribution in [0.25, 0.3) is 22.4 Å². The van der Waals surface area contributed by atoms with Gasteiger partial charge in [-0.05, 0) is 44.0 Å². The zero-order valence-electron chi connectivity index (χ0n) is 17.5. The molecule has 0 aliphatic heterocycles. The Balaban J connectivity index is 1.50. The fraction of sp³-hybridized carbons (Fsp3) is 0.174. The molecule has 8 nitrogen and oxygen atoms in total. The van der Waals surface area contributed by atoms with Crippen LogP contribution in [-0.2, 0) is 11.4 Å². The van der Waals surface area contributed by atoms with E-state index >= 15 is 0 Å². The molecule has 0 fully saturated rings. The van der Waals surface area contributed by atoms with Gasteiger partial charge in [-0.25, -0.2) is 14.5 Å². The molecule has 0 unspecified atom stereocenters. The summed E-state index contributed by atoms with van der Waals surface area (Å²) in [5.74, 6) is 0.546. The van der Waals surface area contributed by atoms with Gasteiger partial charge in [0.1, 0.15) is 6.33 Å². The maximum atomic E-state index is 5.52. The van der Waals surface area contributed by atoms with Crippen LogP contribution in [0.3, 0.4) is 0 Å². The normalized spacial score (nSPS) is 12.0. The Morgan fingerprint density at radius 1 is 1.06 bits per heavy atom. The van der Waals surface area contributed by atoms with E-state index in [1.807, 2.05) is 55.6 Å². The Labute approximate surface area is 178 Å². The number of fused-ring (bicyclic) bond motifs is 3. The molecular formula is C23H21N7O. The molecule has 31 heavy (non-hydrogen) atoms. The first-order valence-corrected chi connectivity index (χ1v) is 9.97. The lowest BCUT2D eigenvalue weighted by Crippen LogP contribution is -1.99. The van der Waals surface area contributed by atoms with Gasteiger partial charge in [0.05, 0.1) is 23.0 Å². The Bertz CT molecular complexity index is 1400. The van der Waals surface area contributed by atoms with Crippen molar-refractivity contribution < 1.29 is 4.84 Å². The highest BCUT2D eigenvalue weighted by molar-refractivity contribution is 5.98. The molecule has 0 N–H and O–H groups in total. The fourth-order valence-electron chi connectivity index (χ4n) is 3.69. The first kappa shape index (κ1) is 18.9. The molecule has 0 amide bonds. The minimum atomic E-state index is 0.175. The Kier molecular flexibility index (Phi) is 4.66. The molecular weight excluding hydrogens is 390 g/mol. The lowest BCUT2D eigenvalue weighted by molar-refractivity contribution is 0.125. The molecule has 5 aromatic rings. The van der Waals surface area contributed by atoms with Crippen molar-refractivity contribution in [2.24, 2.45) is 5.16 Å². The van der Waals surface area contributed by atoms with Gasteiger partial charge in [0.2, 0.25) is 0 Å². The SMILES string of the molecule is CC(=NOCc1nc2c3c(C)c(C)n(-c4cccnc4)c3ncn2n1)c1ccccc1. The summed E-state index contributed by atoms with van der Waals surface area (Å²) < 4.78 is 3.78. The maximum Gasteiger partial charge on any atom is 0.192 e. The Morgan fingerprint density at radius 3 is 2.68 bits per heavy atom. The van der Waals surface area contributed by atoms with Crippen LogP contribution in [0.15, 0.2) is 66.3 Å². The van der Waals surface area contributed by atoms with Gasteiger partial charge in [-0.3, -0.25) is 9.55 Å². The second-order valence-corrected chi connectivity index (χ2v) is 7.31. The monoisotopic (exact) mass is 411 g/mol. The third-order valence-electron chi connectivity index (χ3n) is 5.37. The smallest absolute Gasteiger partial charge is 0.192 e. The van der Waals surface area contributed by atoms with Gasteiger partial charge in [-0.15, -0.1) is 5.10 Å². The molecule has 154 valence electrons. The number of hydrogen-bond acceptors (Lipinski definition) is 6. The van der Waals surface area contributed by atoms with Crippen molar-refractivity contribution in [3.05, 3.63) is 83.8 Å². The van der Waals surface area contributed by atoms with Crippen molar-refractivity contribution in [3.8, 4) is 5.69 Å². The van der Waals surface area contributed by atoms with Crippen molar-refractivity contribution in [2.45, 2.75) is 27.4 Å². The number of pyridine rings is 1. The van der Waals surface area contributed by atoms with E-state index in [9.17, 15) is 0 Å². The molecule has 4 heterocycles. The van der Waals surface area contributed by atoms with E-state index in [-0.39, 0.29) is 6.61 Å². The average molecular weight is 411 g/mol. The van der Waals surface area contributed by atoms with Gasteiger partial charge >= 0.3 is 0 Å². The Hall–Kier alpha value is -4.07. The van der Waals surface area contributed by atoms with E-state index in [1.54, 1.807) is 17.0 Å². The van der Waals surface area contributed by atoms with Crippen molar-refractivity contribution in [1.29, 1.82) is 0 Å². The summed E-state index contributed by atoms with van der Waals surface area (Å²) in [4.78, 5) is 19.1. The summed E-state index contributed by atoms with van der Waals surface area (Å²) in [6.45, 7) is 6.23. The van der Waals surface area contributed by atoms with E-state index in [0.29, 0.717) is 5.82 Å². The van der Waals surface area contributed by atoms with Crippen molar-refractivity contribution in [2.75, 3.05) is 0 Å². The van der Waals surface area contributed by atoms with Crippen LogP contribution in [0, 0.1) is 13.8 Å². The van der Waals surface area contributed by atoms with Gasteiger partial charge in [-0.1, -0.05) is 35.5 Å². The number of nitrogens with zero attached hydrogens (tertiary/aromatic N) is 7. The molecule has 0 aliphatic rings. The molecule has 0 spiro atoms. The highest BCUT2D eigenvalue weighted by atomic mass is 16.6. The number of hydrogen-bond donors (Lipinski definition) is 0. The summed E-state index contributed by atoms with van der Waals surface area (Å²) in [6.07, 6.45) is 5.27. The summed E-state index contributed by atoms with van der Waals surface area (Å²) in [5, 5.41) is 9.68. The highest BCUT2D eigenvalue weighted by Crippen LogP contribution is 2.29. The van der Waals surface area contributed by atoms with E-state index < -0.39 is 0 Å². The molecule has 4 aromatic heterocycles. The molecule has 0 saturated carbocycles. The number of aryl methyl sites for hydroxylation is 1. The van der Waals surface area contributed by atoms with Crippen LogP contribution in [-0.4, -0.2) is 34.8 Å². The summed E-state index contributed by atoms with van der Waals surface area (Å²) in [6, 6.07) is 13.8. The van der Waals surface area contributed by atoms with E-state index in [2.05, 4.69) is 38.6 Å². The van der Waals surface area contributed by atoms with Crippen LogP contribution in [0.5, 0.6) is 0 Å². The third kappa shape index (κ3) is 3.31. The van der Waals surface area contributed by atoms with Gasteiger partial charge in [0, 0.05) is 11.9 Å². The number of oxime groups is 1. The molecule has 0 bridgehead atoms. The van der Waals surface area contributed by atoms with Gasteiger partial charge in [0.25, 0.3) is 0 Å². The topological polar surface area (TPSA) is 82.5 Å². The van der Waals surface area contributed by atoms with Crippen molar-refractivity contribution in [1.82, 2.24) is 29.1 Å². The number of aromatic nitrogens is 6. The molecule has 1 aromatic carbocycles. The fourth-order valence-corrected chi connectivity index (χ4v) is 3.69. The van der Waals surface area contributed by atoms with Crippen LogP contribution >= 0.6 is 0 Å². The standard InChI is InChI=1S/C23H21N7O/c1-15-17(3)30(19-10-7-11-24-12-19)22-21(15)23-26-20(27-29(23)14-25-22)13-31-28-16(2)18-8-5-4-6-9-18/h4-12,14H,13H2,1-3H3. The molecule has 0 atom stereocenters. The quantitative estimate of drug-likeness (QED) is 0.322. The van der Waals surface area contributed by atoms with Crippen molar-refractivity contribution in [3.63, 3.8) is 0 Å². The van der Waals surface area contributed by atoms with Crippen LogP contribution in [0.4, 0.5) is 0 Å². The van der Waals surface area contributed by atoms with Gasteiger partial charge in [-0.2, -0.15) is 0 Å². The van der Waals surface area contributed by atoms with Crippen molar-refractivity contribution >= 4 is 22.4 Å². The van der Waals surface area contributed by atoms with Crippen LogP contribution in [0.2, 0.25) is 0 Å². The molecule has 0 saturated heterocycles. The van der Waals surface area contributed by atoms with Crippen LogP contribution < -0.4 is 0 Å². The van der Waals surface area contributed by atoms with Gasteiger partial charge in [0.15, 0.2) is 23.7 Å². The largest absolute Gasteiger partial charge is 0.387 e. The number of benzene rings is 1. The lowest BCUT2D eigenvalue weighted by Gasteiger charge is -2.06. The number of rotatable bonds is 5. The van der Waals surface area contributed by atoms with E-state index in [4.69, 9.17) is 9.82 Å². The molecule has 0 radical (unpaired) electrons. The zero-order valence-corrected chi connectivity index (χ0v) is 17.5. The molecule has 0 aliphatic carbocycles. The second-order valence-electron chi connectivity index (χ2n) is 7.31. The minimum Gasteiger partial charge on any atom is -0.387 e. The first-order chi connectivity index (χ1) is 15.1. The first-order valence-electron chi connectivity index (χ1n) is 9.97. The predicted octanol–water partition coefficient (Wildman–Crippen LogP) is 4.02. The summed E-state index contributed by atoms with van der Waals surface area (Å²) >= 11 is 0. The highest BCUT2D eigenvalue weighted by Gasteiger charge is 2.19. The Morgan fingerprint density at radius 2 is 1.90 bits per heavy atom. The predicted molar refractivity (Wildman–Crippen MR) is 118 cm³/mol. The summed E-state index contributed by atoms with van der Waals surface area (Å²) in [7, 11) is 0. The molecule has 8 heteroatoms. The average Bonchev–Trinajstić information content (AvgIpc) is 3.33. The van der Waals surface area contributed by atoms with E-state index in [0.717, 1.165) is 44.9 Å². The second kappa shape index (κ2) is 7.64. The van der Waals surface area contributed by atoms with Crippen LogP contribution in [0.1, 0.15) is 29.6 Å². The lowest BCUT2D eigenvalue weighted by atomic mass is 10.1. The minimum absolute atomic E-state index is 0.175. The molecule has 5 rings (SSSR count). The van der Waals surface area contributed by atoms with Gasteiger partial charge < -0.3 is 4.84 Å². The third-order valence-corrected chi connectivity index (χ3v) is 5.37. The summed E-state index contributed by atoms with van der Waals surface area (Å²) in [5.41, 5.74) is 6.54. The zero-order chi connectivity index (χ0) is 21.4. The maximum absolute atomic E-state index is 5.52.